The Hall–Kier alpha value is -2.54. The molecular formula is C13H10N4O2S. The van der Waals surface area contributed by atoms with E-state index < -0.39 is 5.91 Å². The van der Waals surface area contributed by atoms with Crippen LogP contribution >= 0.6 is 11.3 Å². The summed E-state index contributed by atoms with van der Waals surface area (Å²) in [6, 6.07) is 6.83. The molecule has 1 N–H and O–H groups in total. The summed E-state index contributed by atoms with van der Waals surface area (Å²) in [5, 5.41) is 8.93. The number of fused-ring (bicyclic) bond motifs is 1. The molecule has 0 aliphatic rings. The number of aromatic nitrogens is 3. The lowest BCUT2D eigenvalue weighted by Crippen LogP contribution is -2.17. The van der Waals surface area contributed by atoms with Crippen LogP contribution in [0, 0.1) is 0 Å². The highest BCUT2D eigenvalue weighted by Gasteiger charge is 2.13. The zero-order valence-electron chi connectivity index (χ0n) is 10.5. The molecule has 3 aromatic rings. The minimum atomic E-state index is -0.476. The van der Waals surface area contributed by atoms with Gasteiger partial charge in [-0.15, -0.1) is 11.3 Å². The molecule has 0 aliphatic heterocycles. The Morgan fingerprint density at radius 1 is 1.35 bits per heavy atom. The van der Waals surface area contributed by atoms with E-state index in [1.54, 1.807) is 35.9 Å². The minimum Gasteiger partial charge on any atom is -0.327 e. The van der Waals surface area contributed by atoms with Gasteiger partial charge in [0.1, 0.15) is 0 Å². The van der Waals surface area contributed by atoms with Crippen LogP contribution in [0.15, 0.2) is 45.6 Å². The van der Waals surface area contributed by atoms with Crippen molar-refractivity contribution >= 4 is 28.0 Å². The fourth-order valence-corrected chi connectivity index (χ4v) is 2.58. The van der Waals surface area contributed by atoms with Crippen molar-refractivity contribution < 1.29 is 4.79 Å². The molecule has 0 spiro atoms. The topological polar surface area (TPSA) is 80.1 Å². The SMILES string of the molecule is Cn1ccsc1=NC(=O)c1n[nH]c(=O)c2ccccc12. The second-order valence-corrected chi connectivity index (χ2v) is 5.03. The molecule has 7 heteroatoms. The Morgan fingerprint density at radius 3 is 2.80 bits per heavy atom. The van der Waals surface area contributed by atoms with E-state index in [1.165, 1.54) is 11.3 Å². The van der Waals surface area contributed by atoms with Gasteiger partial charge in [0, 0.05) is 24.0 Å². The number of aryl methyl sites for hydroxylation is 1. The van der Waals surface area contributed by atoms with Crippen LogP contribution in [0.5, 0.6) is 0 Å². The molecule has 20 heavy (non-hydrogen) atoms. The second-order valence-electron chi connectivity index (χ2n) is 4.16. The van der Waals surface area contributed by atoms with Gasteiger partial charge in [-0.3, -0.25) is 9.59 Å². The maximum absolute atomic E-state index is 12.2. The highest BCUT2D eigenvalue weighted by atomic mass is 32.1. The van der Waals surface area contributed by atoms with Crippen molar-refractivity contribution in [2.45, 2.75) is 0 Å². The van der Waals surface area contributed by atoms with E-state index in [1.807, 2.05) is 11.6 Å². The lowest BCUT2D eigenvalue weighted by atomic mass is 10.1. The van der Waals surface area contributed by atoms with E-state index in [-0.39, 0.29) is 11.3 Å². The molecule has 6 nitrogen and oxygen atoms in total. The molecule has 0 radical (unpaired) electrons. The third-order valence-electron chi connectivity index (χ3n) is 2.86. The molecule has 100 valence electrons. The van der Waals surface area contributed by atoms with Crippen LogP contribution in [-0.4, -0.2) is 20.7 Å². The van der Waals surface area contributed by atoms with Crippen molar-refractivity contribution in [3.63, 3.8) is 0 Å². The van der Waals surface area contributed by atoms with Crippen LogP contribution in [-0.2, 0) is 7.05 Å². The number of rotatable bonds is 1. The molecular weight excluding hydrogens is 276 g/mol. The lowest BCUT2D eigenvalue weighted by molar-refractivity contribution is 0.0994. The number of aromatic amines is 1. The van der Waals surface area contributed by atoms with Crippen molar-refractivity contribution in [1.29, 1.82) is 0 Å². The number of carbonyl (C=O) groups excluding carboxylic acids is 1. The summed E-state index contributed by atoms with van der Waals surface area (Å²) < 4.78 is 1.75. The summed E-state index contributed by atoms with van der Waals surface area (Å²) in [6.45, 7) is 0. The van der Waals surface area contributed by atoms with E-state index in [0.717, 1.165) is 0 Å². The Labute approximate surface area is 117 Å². The Kier molecular flexibility index (Phi) is 3.03. The van der Waals surface area contributed by atoms with Crippen molar-refractivity contribution in [2.24, 2.45) is 12.0 Å². The molecule has 1 aromatic carbocycles. The van der Waals surface area contributed by atoms with E-state index in [0.29, 0.717) is 15.6 Å². The predicted octanol–water partition coefficient (Wildman–Crippen LogP) is 1.06. The van der Waals surface area contributed by atoms with Gasteiger partial charge in [0.05, 0.1) is 5.39 Å². The normalized spacial score (nSPS) is 11.9. The number of carbonyl (C=O) groups is 1. The van der Waals surface area contributed by atoms with Crippen LogP contribution in [0.25, 0.3) is 10.8 Å². The molecule has 0 saturated heterocycles. The summed E-state index contributed by atoms with van der Waals surface area (Å²) in [7, 11) is 1.81. The molecule has 2 aromatic heterocycles. The van der Waals surface area contributed by atoms with Crippen molar-refractivity contribution in [1.82, 2.24) is 14.8 Å². The number of thiazole rings is 1. The molecule has 0 unspecified atom stereocenters. The minimum absolute atomic E-state index is 0.147. The highest BCUT2D eigenvalue weighted by Crippen LogP contribution is 2.12. The lowest BCUT2D eigenvalue weighted by Gasteiger charge is -2.00. The third-order valence-corrected chi connectivity index (χ3v) is 3.70. The standard InChI is InChI=1S/C13H10N4O2S/c1-17-6-7-20-13(17)14-12(19)10-8-4-2-3-5-9(8)11(18)16-15-10/h2-7H,1H3,(H,16,18). The first-order chi connectivity index (χ1) is 9.66. The molecule has 2 heterocycles. The average molecular weight is 286 g/mol. The van der Waals surface area contributed by atoms with E-state index in [9.17, 15) is 9.59 Å². The number of hydrogen-bond donors (Lipinski definition) is 1. The smallest absolute Gasteiger partial charge is 0.300 e. The van der Waals surface area contributed by atoms with Gasteiger partial charge in [-0.2, -0.15) is 10.1 Å². The van der Waals surface area contributed by atoms with E-state index in [4.69, 9.17) is 0 Å². The number of nitrogens with zero attached hydrogens (tertiary/aromatic N) is 3. The summed E-state index contributed by atoms with van der Waals surface area (Å²) in [5.41, 5.74) is -0.174. The molecule has 0 bridgehead atoms. The summed E-state index contributed by atoms with van der Waals surface area (Å²) >= 11 is 1.36. The van der Waals surface area contributed by atoms with Gasteiger partial charge in [-0.05, 0) is 6.07 Å². The number of amides is 1. The first kappa shape index (κ1) is 12.5. The Morgan fingerprint density at radius 2 is 2.10 bits per heavy atom. The molecule has 0 saturated carbocycles. The summed E-state index contributed by atoms with van der Waals surface area (Å²) in [5.74, 6) is -0.476. The van der Waals surface area contributed by atoms with Gasteiger partial charge in [-0.25, -0.2) is 5.10 Å². The molecule has 0 atom stereocenters. The van der Waals surface area contributed by atoms with Crippen LogP contribution < -0.4 is 10.4 Å². The van der Waals surface area contributed by atoms with Gasteiger partial charge in [0.15, 0.2) is 10.5 Å². The zero-order chi connectivity index (χ0) is 14.1. The summed E-state index contributed by atoms with van der Waals surface area (Å²) in [4.78, 5) is 28.5. The average Bonchev–Trinajstić information content (AvgIpc) is 2.85. The fourth-order valence-electron chi connectivity index (χ4n) is 1.85. The predicted molar refractivity (Wildman–Crippen MR) is 75.5 cm³/mol. The zero-order valence-corrected chi connectivity index (χ0v) is 11.3. The Balaban J connectivity index is 2.21. The van der Waals surface area contributed by atoms with Gasteiger partial charge in [0.25, 0.3) is 5.56 Å². The van der Waals surface area contributed by atoms with E-state index >= 15 is 0 Å². The molecule has 0 fully saturated rings. The van der Waals surface area contributed by atoms with Gasteiger partial charge in [-0.1, -0.05) is 18.2 Å². The first-order valence-corrected chi connectivity index (χ1v) is 6.71. The van der Waals surface area contributed by atoms with Crippen LogP contribution in [0.4, 0.5) is 0 Å². The maximum atomic E-state index is 12.2. The highest BCUT2D eigenvalue weighted by molar-refractivity contribution is 7.07. The van der Waals surface area contributed by atoms with Gasteiger partial charge < -0.3 is 4.57 Å². The van der Waals surface area contributed by atoms with Crippen LogP contribution in [0.3, 0.4) is 0 Å². The van der Waals surface area contributed by atoms with Crippen molar-refractivity contribution in [3.05, 3.63) is 56.7 Å². The summed E-state index contributed by atoms with van der Waals surface area (Å²) in [6.07, 6.45) is 1.81. The number of H-pyrrole nitrogens is 1. The number of hydrogen-bond acceptors (Lipinski definition) is 4. The molecule has 3 rings (SSSR count). The van der Waals surface area contributed by atoms with Crippen molar-refractivity contribution in [2.75, 3.05) is 0 Å². The second kappa shape index (κ2) is 4.86. The quantitative estimate of drug-likeness (QED) is 0.726. The molecule has 0 aliphatic carbocycles. The molecule has 1 amide bonds. The van der Waals surface area contributed by atoms with Gasteiger partial charge in [0.2, 0.25) is 0 Å². The van der Waals surface area contributed by atoms with Gasteiger partial charge >= 0.3 is 5.91 Å². The number of nitrogens with one attached hydrogen (secondary N) is 1. The first-order valence-electron chi connectivity index (χ1n) is 5.83. The maximum Gasteiger partial charge on any atom is 0.300 e. The fraction of sp³-hybridized carbons (Fsp3) is 0.0769. The van der Waals surface area contributed by atoms with Crippen LogP contribution in [0.2, 0.25) is 0 Å². The largest absolute Gasteiger partial charge is 0.327 e. The van der Waals surface area contributed by atoms with E-state index in [2.05, 4.69) is 15.2 Å². The van der Waals surface area contributed by atoms with Crippen LogP contribution in [0.1, 0.15) is 10.5 Å². The Bertz CT molecular complexity index is 920. The number of benzene rings is 1. The van der Waals surface area contributed by atoms with Crippen molar-refractivity contribution in [3.8, 4) is 0 Å². The monoisotopic (exact) mass is 286 g/mol. The third kappa shape index (κ3) is 2.08.